The number of halogens is 1. The lowest BCUT2D eigenvalue weighted by Gasteiger charge is -2.26. The van der Waals surface area contributed by atoms with E-state index < -0.39 is 18.1 Å². The molecule has 274 valence electrons. The summed E-state index contributed by atoms with van der Waals surface area (Å²) in [6.07, 6.45) is 9.72. The molecule has 2 aromatic heterocycles. The van der Waals surface area contributed by atoms with Gasteiger partial charge in [0.15, 0.2) is 0 Å². The molecular formula is C40H46ClN5O6. The molecule has 0 saturated carbocycles. The second kappa shape index (κ2) is 18.2. The Morgan fingerprint density at radius 3 is 2.52 bits per heavy atom. The van der Waals surface area contributed by atoms with Gasteiger partial charge in [0.1, 0.15) is 42.1 Å². The van der Waals surface area contributed by atoms with Crippen molar-refractivity contribution in [3.8, 4) is 34.4 Å². The van der Waals surface area contributed by atoms with E-state index in [1.807, 2.05) is 25.1 Å². The molecule has 0 spiro atoms. The topological polar surface area (TPSA) is 150 Å². The lowest BCUT2D eigenvalue weighted by molar-refractivity contribution is -0.145. The van der Waals surface area contributed by atoms with Crippen LogP contribution in [0.5, 0.6) is 17.2 Å². The summed E-state index contributed by atoms with van der Waals surface area (Å²) in [5, 5.41) is 31.8. The second-order valence-electron chi connectivity index (χ2n) is 13.3. The predicted molar refractivity (Wildman–Crippen MR) is 199 cm³/mol. The summed E-state index contributed by atoms with van der Waals surface area (Å²) in [7, 11) is 0. The number of benzene rings is 2. The molecule has 4 aromatic rings. The maximum atomic E-state index is 11.8. The number of aliphatic carboxylic acids is 1. The van der Waals surface area contributed by atoms with Crippen LogP contribution in [-0.4, -0.2) is 69.4 Å². The first kappa shape index (κ1) is 38.5. The predicted octanol–water partition coefficient (Wildman–Crippen LogP) is 6.62. The van der Waals surface area contributed by atoms with Crippen LogP contribution >= 0.6 is 11.6 Å². The Kier molecular flexibility index (Phi) is 13.4. The lowest BCUT2D eigenvalue weighted by atomic mass is 9.96. The molecule has 52 heavy (non-hydrogen) atoms. The van der Waals surface area contributed by atoms with Crippen LogP contribution in [-0.2, 0) is 24.6 Å². The third kappa shape index (κ3) is 9.78. The molecule has 3 heterocycles. The first-order valence-corrected chi connectivity index (χ1v) is 17.9. The number of hydrogen-bond acceptors (Lipinski definition) is 10. The number of aliphatic hydroxyl groups excluding tert-OH is 1. The van der Waals surface area contributed by atoms with Gasteiger partial charge in [-0.15, -0.1) is 0 Å². The van der Waals surface area contributed by atoms with Crippen LogP contribution in [0.1, 0.15) is 66.1 Å². The minimum atomic E-state index is -1.59. The van der Waals surface area contributed by atoms with Crippen LogP contribution in [0.15, 0.2) is 61.1 Å². The Labute approximate surface area is 310 Å². The number of carbonyl (C=O) groups is 1. The number of pyridine rings is 2. The smallest absolute Gasteiger partial charge is 0.326 e. The van der Waals surface area contributed by atoms with Crippen molar-refractivity contribution in [2.75, 3.05) is 32.8 Å². The largest absolute Gasteiger partial charge is 0.493 e. The molecule has 1 saturated heterocycles. The number of piperidine rings is 1. The van der Waals surface area contributed by atoms with Gasteiger partial charge < -0.3 is 29.3 Å². The van der Waals surface area contributed by atoms with Crippen molar-refractivity contribution < 1.29 is 29.2 Å². The van der Waals surface area contributed by atoms with E-state index in [2.05, 4.69) is 39.2 Å². The van der Waals surface area contributed by atoms with Gasteiger partial charge in [-0.25, -0.2) is 0 Å². The van der Waals surface area contributed by atoms with Crippen molar-refractivity contribution in [1.29, 1.82) is 5.26 Å². The highest BCUT2D eigenvalue weighted by Gasteiger charge is 2.32. The van der Waals surface area contributed by atoms with Gasteiger partial charge in [0, 0.05) is 48.9 Å². The minimum Gasteiger partial charge on any atom is -0.493 e. The zero-order valence-corrected chi connectivity index (χ0v) is 30.7. The fourth-order valence-corrected chi connectivity index (χ4v) is 6.36. The third-order valence-corrected chi connectivity index (χ3v) is 9.76. The van der Waals surface area contributed by atoms with E-state index in [-0.39, 0.29) is 24.8 Å². The molecule has 1 atom stereocenters. The fourth-order valence-electron chi connectivity index (χ4n) is 6.12. The Balaban J connectivity index is 1.32. The summed E-state index contributed by atoms with van der Waals surface area (Å²) in [6, 6.07) is 15.1. The summed E-state index contributed by atoms with van der Waals surface area (Å²) in [4.78, 5) is 23.0. The van der Waals surface area contributed by atoms with Crippen molar-refractivity contribution in [1.82, 2.24) is 20.2 Å². The van der Waals surface area contributed by atoms with Crippen LogP contribution in [0.4, 0.5) is 0 Å². The van der Waals surface area contributed by atoms with Gasteiger partial charge >= 0.3 is 5.97 Å². The number of nitrogens with one attached hydrogen (secondary N) is 1. The molecule has 12 heteroatoms. The SMILES string of the molecule is Cc1c(OCCCN2CCCCC2)cccc1-c1ccnc(COc2cc(OCc3cncc(C#N)c3)c(CN[C@@](C)(CO)C(=O)O)cc2Cl)c1C. The van der Waals surface area contributed by atoms with E-state index in [1.165, 1.54) is 45.5 Å². The average molecular weight is 728 g/mol. The molecule has 0 unspecified atom stereocenters. The van der Waals surface area contributed by atoms with Crippen LogP contribution in [0.3, 0.4) is 0 Å². The van der Waals surface area contributed by atoms with Crippen LogP contribution in [0.2, 0.25) is 5.02 Å². The minimum absolute atomic E-state index is 0.0263. The maximum absolute atomic E-state index is 11.8. The number of carboxylic acids is 1. The molecule has 1 aliphatic rings. The van der Waals surface area contributed by atoms with Crippen molar-refractivity contribution in [2.45, 2.75) is 71.8 Å². The quantitative estimate of drug-likeness (QED) is 0.101. The van der Waals surface area contributed by atoms with Crippen molar-refractivity contribution in [3.05, 3.63) is 99.6 Å². The van der Waals surface area contributed by atoms with Gasteiger partial charge in [0.05, 0.1) is 29.5 Å². The van der Waals surface area contributed by atoms with E-state index in [4.69, 9.17) is 25.8 Å². The Bertz CT molecular complexity index is 1890. The normalized spacial score (nSPS) is 14.3. The number of carboxylic acid groups (broad SMARTS) is 1. The number of aliphatic hydroxyl groups is 1. The van der Waals surface area contributed by atoms with E-state index in [0.29, 0.717) is 34.8 Å². The van der Waals surface area contributed by atoms with Crippen LogP contribution < -0.4 is 19.5 Å². The fraction of sp³-hybridized carbons (Fsp3) is 0.400. The van der Waals surface area contributed by atoms with Gasteiger partial charge in [-0.05, 0) is 99.6 Å². The number of nitrogens with zero attached hydrogens (tertiary/aromatic N) is 4. The summed E-state index contributed by atoms with van der Waals surface area (Å²) in [5.41, 5.74) is 4.86. The number of hydrogen-bond donors (Lipinski definition) is 3. The first-order valence-electron chi connectivity index (χ1n) is 17.5. The molecule has 11 nitrogen and oxygen atoms in total. The van der Waals surface area contributed by atoms with Crippen molar-refractivity contribution >= 4 is 17.6 Å². The summed E-state index contributed by atoms with van der Waals surface area (Å²) < 4.78 is 18.6. The van der Waals surface area contributed by atoms with Crippen molar-refractivity contribution in [3.63, 3.8) is 0 Å². The van der Waals surface area contributed by atoms with E-state index in [9.17, 15) is 20.3 Å². The highest BCUT2D eigenvalue weighted by atomic mass is 35.5. The monoisotopic (exact) mass is 727 g/mol. The van der Waals surface area contributed by atoms with Gasteiger partial charge in [-0.3, -0.25) is 20.1 Å². The van der Waals surface area contributed by atoms with Crippen LogP contribution in [0.25, 0.3) is 11.1 Å². The lowest BCUT2D eigenvalue weighted by Crippen LogP contribution is -2.52. The molecule has 5 rings (SSSR count). The Morgan fingerprint density at radius 2 is 1.77 bits per heavy atom. The maximum Gasteiger partial charge on any atom is 0.326 e. The second-order valence-corrected chi connectivity index (χ2v) is 13.7. The zero-order chi connectivity index (χ0) is 37.1. The molecule has 0 bridgehead atoms. The molecule has 3 N–H and O–H groups in total. The molecular weight excluding hydrogens is 682 g/mol. The van der Waals surface area contributed by atoms with Gasteiger partial charge in [-0.2, -0.15) is 5.26 Å². The summed E-state index contributed by atoms with van der Waals surface area (Å²) >= 11 is 6.72. The highest BCUT2D eigenvalue weighted by Crippen LogP contribution is 2.36. The Morgan fingerprint density at radius 1 is 1.00 bits per heavy atom. The number of ether oxygens (including phenoxy) is 3. The van der Waals surface area contributed by atoms with E-state index in [1.54, 1.807) is 30.6 Å². The summed E-state index contributed by atoms with van der Waals surface area (Å²) in [6.45, 7) is 9.18. The van der Waals surface area contributed by atoms with Crippen LogP contribution in [0, 0.1) is 25.2 Å². The number of nitriles is 1. The van der Waals surface area contributed by atoms with Gasteiger partial charge in [-0.1, -0.05) is 30.2 Å². The standard InChI is InChI=1S/C40H46ClN5O6/c1-27-33(32-9-7-10-36(28(32)2)50-16-8-15-46-13-5-4-6-14-46)11-12-44-35(27)25-52-38-19-37(51-24-30-17-29(20-42)21-43-22-30)31(18-34(38)41)23-45-40(3,26-47)39(48)49/h7,9-12,17-19,21-22,45,47H,4-6,8,13-16,23-26H2,1-3H3,(H,48,49)/t40-/m0/s1. The van der Waals surface area contributed by atoms with Crippen molar-refractivity contribution in [2.24, 2.45) is 0 Å². The van der Waals surface area contributed by atoms with Gasteiger partial charge in [0.25, 0.3) is 0 Å². The Hall–Kier alpha value is -4.73. The molecule has 0 aliphatic carbocycles. The van der Waals surface area contributed by atoms with E-state index >= 15 is 0 Å². The molecule has 1 fully saturated rings. The summed E-state index contributed by atoms with van der Waals surface area (Å²) in [5.74, 6) is 0.388. The highest BCUT2D eigenvalue weighted by molar-refractivity contribution is 6.32. The number of likely N-dealkylation sites (tertiary alicyclic amines) is 1. The molecule has 1 aliphatic heterocycles. The third-order valence-electron chi connectivity index (χ3n) is 9.46. The zero-order valence-electron chi connectivity index (χ0n) is 30.0. The average Bonchev–Trinajstić information content (AvgIpc) is 3.16. The van der Waals surface area contributed by atoms with Gasteiger partial charge in [0.2, 0.25) is 0 Å². The molecule has 0 radical (unpaired) electrons. The number of rotatable bonds is 17. The first-order chi connectivity index (χ1) is 25.1. The molecule has 0 amide bonds. The van der Waals surface area contributed by atoms with E-state index in [0.717, 1.165) is 46.7 Å². The molecule has 2 aromatic carbocycles. The number of aromatic nitrogens is 2.